The van der Waals surface area contributed by atoms with Gasteiger partial charge in [0.25, 0.3) is 5.70 Å². The average Bonchev–Trinajstić information content (AvgIpc) is 1.97. The molecule has 1 rings (SSSR count). The molecular weight excluding hydrogens is 168 g/mol. The molecule has 2 N–H and O–H groups in total. The third-order valence-electron chi connectivity index (χ3n) is 2.60. The van der Waals surface area contributed by atoms with Crippen molar-refractivity contribution in [1.82, 2.24) is 0 Å². The molecule has 0 saturated heterocycles. The van der Waals surface area contributed by atoms with E-state index in [0.29, 0.717) is 12.1 Å². The van der Waals surface area contributed by atoms with Crippen molar-refractivity contribution in [3.05, 3.63) is 33.2 Å². The number of nitrogens with two attached hydrogens (primary N) is 1. The van der Waals surface area contributed by atoms with E-state index in [1.54, 1.807) is 6.08 Å². The first-order valence-electron chi connectivity index (χ1n) is 4.16. The van der Waals surface area contributed by atoms with Gasteiger partial charge in [0.2, 0.25) is 0 Å². The van der Waals surface area contributed by atoms with Gasteiger partial charge < -0.3 is 5.73 Å². The molecule has 13 heavy (non-hydrogen) atoms. The number of hydrogen-bond donors (Lipinski definition) is 1. The van der Waals surface area contributed by atoms with E-state index in [0.717, 1.165) is 5.57 Å². The van der Waals surface area contributed by atoms with Crippen molar-refractivity contribution in [2.45, 2.75) is 27.2 Å². The first-order chi connectivity index (χ1) is 5.84. The highest BCUT2D eigenvalue weighted by Gasteiger charge is 2.32. The fourth-order valence-corrected chi connectivity index (χ4v) is 1.34. The van der Waals surface area contributed by atoms with Crippen LogP contribution in [0.4, 0.5) is 0 Å². The molecule has 0 unspecified atom stereocenters. The first kappa shape index (κ1) is 9.77. The molecule has 4 nitrogen and oxygen atoms in total. The SMILES string of the molecule is CC1=CC(N)=C([N+](=O)[O-])CC1(C)C. The van der Waals surface area contributed by atoms with Crippen LogP contribution in [0.2, 0.25) is 0 Å². The van der Waals surface area contributed by atoms with E-state index >= 15 is 0 Å². The van der Waals surface area contributed by atoms with Crippen molar-refractivity contribution in [2.24, 2.45) is 11.1 Å². The van der Waals surface area contributed by atoms with Gasteiger partial charge in [0, 0.05) is 6.42 Å². The Balaban J connectivity index is 3.12. The zero-order chi connectivity index (χ0) is 10.2. The molecule has 0 spiro atoms. The number of allylic oxidation sites excluding steroid dienone is 3. The van der Waals surface area contributed by atoms with Crippen molar-refractivity contribution < 1.29 is 4.92 Å². The molecule has 0 saturated carbocycles. The molecule has 0 atom stereocenters. The van der Waals surface area contributed by atoms with E-state index in [9.17, 15) is 10.1 Å². The van der Waals surface area contributed by atoms with Gasteiger partial charge in [-0.25, -0.2) is 0 Å². The summed E-state index contributed by atoms with van der Waals surface area (Å²) in [6, 6.07) is 0. The predicted molar refractivity (Wildman–Crippen MR) is 50.4 cm³/mol. The van der Waals surface area contributed by atoms with Crippen molar-refractivity contribution in [3.8, 4) is 0 Å². The number of nitrogens with zero attached hydrogens (tertiary/aromatic N) is 1. The molecule has 1 aliphatic carbocycles. The topological polar surface area (TPSA) is 69.2 Å². The lowest BCUT2D eigenvalue weighted by Crippen LogP contribution is -2.24. The van der Waals surface area contributed by atoms with Crippen molar-refractivity contribution >= 4 is 0 Å². The van der Waals surface area contributed by atoms with E-state index in [1.807, 2.05) is 20.8 Å². The van der Waals surface area contributed by atoms with Crippen LogP contribution in [0.25, 0.3) is 0 Å². The Kier molecular flexibility index (Phi) is 2.15. The van der Waals surface area contributed by atoms with Gasteiger partial charge >= 0.3 is 0 Å². The highest BCUT2D eigenvalue weighted by molar-refractivity contribution is 5.31. The number of rotatable bonds is 1. The predicted octanol–water partition coefficient (Wildman–Crippen LogP) is 1.81. The van der Waals surface area contributed by atoms with E-state index in [2.05, 4.69) is 0 Å². The molecule has 0 aromatic carbocycles. The zero-order valence-corrected chi connectivity index (χ0v) is 8.13. The Bertz CT molecular complexity index is 314. The van der Waals surface area contributed by atoms with E-state index in [-0.39, 0.29) is 16.0 Å². The Morgan fingerprint density at radius 1 is 1.62 bits per heavy atom. The normalized spacial score (nSPS) is 21.3. The zero-order valence-electron chi connectivity index (χ0n) is 8.13. The van der Waals surface area contributed by atoms with Gasteiger partial charge in [-0.1, -0.05) is 19.4 Å². The molecule has 0 radical (unpaired) electrons. The second-order valence-electron chi connectivity index (χ2n) is 4.05. The third-order valence-corrected chi connectivity index (χ3v) is 2.60. The molecule has 0 amide bonds. The minimum atomic E-state index is -0.389. The molecule has 0 aliphatic heterocycles. The van der Waals surface area contributed by atoms with Gasteiger partial charge in [-0.3, -0.25) is 10.1 Å². The summed E-state index contributed by atoms with van der Waals surface area (Å²) in [5, 5.41) is 10.6. The summed E-state index contributed by atoms with van der Waals surface area (Å²) in [5.74, 6) is 0. The molecule has 1 aliphatic rings. The summed E-state index contributed by atoms with van der Waals surface area (Å²) in [7, 11) is 0. The van der Waals surface area contributed by atoms with E-state index in [1.165, 1.54) is 0 Å². The number of hydrogen-bond acceptors (Lipinski definition) is 3. The molecule has 72 valence electrons. The quantitative estimate of drug-likeness (QED) is 0.496. The molecule has 0 aromatic rings. The average molecular weight is 182 g/mol. The van der Waals surface area contributed by atoms with Crippen molar-refractivity contribution in [2.75, 3.05) is 0 Å². The molecule has 0 heterocycles. The van der Waals surface area contributed by atoms with Crippen LogP contribution in [0.3, 0.4) is 0 Å². The van der Waals surface area contributed by atoms with E-state index in [4.69, 9.17) is 5.73 Å². The Hall–Kier alpha value is -1.32. The number of nitro groups is 1. The van der Waals surface area contributed by atoms with Crippen LogP contribution in [0.1, 0.15) is 27.2 Å². The lowest BCUT2D eigenvalue weighted by molar-refractivity contribution is -0.431. The van der Waals surface area contributed by atoms with Crippen LogP contribution in [0, 0.1) is 15.5 Å². The van der Waals surface area contributed by atoms with Crippen LogP contribution >= 0.6 is 0 Å². The maximum absolute atomic E-state index is 10.6. The maximum Gasteiger partial charge on any atom is 0.269 e. The first-order valence-corrected chi connectivity index (χ1v) is 4.16. The smallest absolute Gasteiger partial charge is 0.269 e. The molecule has 0 fully saturated rings. The minimum Gasteiger partial charge on any atom is -0.393 e. The summed E-state index contributed by atoms with van der Waals surface area (Å²) in [5.41, 5.74) is 6.93. The van der Waals surface area contributed by atoms with Crippen LogP contribution in [-0.2, 0) is 0 Å². The maximum atomic E-state index is 10.6. The molecule has 4 heteroatoms. The van der Waals surface area contributed by atoms with Crippen LogP contribution in [0.5, 0.6) is 0 Å². The van der Waals surface area contributed by atoms with Gasteiger partial charge in [0.05, 0.1) is 4.92 Å². The van der Waals surface area contributed by atoms with Gasteiger partial charge in [0.15, 0.2) is 0 Å². The second-order valence-corrected chi connectivity index (χ2v) is 4.05. The largest absolute Gasteiger partial charge is 0.393 e. The lowest BCUT2D eigenvalue weighted by Gasteiger charge is -2.27. The lowest BCUT2D eigenvalue weighted by atomic mass is 9.77. The Morgan fingerprint density at radius 2 is 2.15 bits per heavy atom. The fraction of sp³-hybridized carbons (Fsp3) is 0.556. The van der Waals surface area contributed by atoms with Crippen molar-refractivity contribution in [3.63, 3.8) is 0 Å². The summed E-state index contributed by atoms with van der Waals surface area (Å²) >= 11 is 0. The summed E-state index contributed by atoms with van der Waals surface area (Å²) in [6.45, 7) is 5.91. The highest BCUT2D eigenvalue weighted by atomic mass is 16.6. The van der Waals surface area contributed by atoms with Crippen LogP contribution < -0.4 is 5.73 Å². The Morgan fingerprint density at radius 3 is 2.62 bits per heavy atom. The highest BCUT2D eigenvalue weighted by Crippen LogP contribution is 2.37. The standard InChI is InChI=1S/C9H14N2O2/c1-6-4-7(10)8(11(12)13)5-9(6,2)3/h4H,5,10H2,1-3H3. The fourth-order valence-electron chi connectivity index (χ4n) is 1.34. The van der Waals surface area contributed by atoms with Gasteiger partial charge in [-0.05, 0) is 18.4 Å². The monoisotopic (exact) mass is 182 g/mol. The minimum absolute atomic E-state index is 0.135. The summed E-state index contributed by atoms with van der Waals surface area (Å²) in [6.07, 6.45) is 2.11. The van der Waals surface area contributed by atoms with Gasteiger partial charge in [-0.2, -0.15) is 0 Å². The van der Waals surface area contributed by atoms with Crippen molar-refractivity contribution in [1.29, 1.82) is 0 Å². The third kappa shape index (κ3) is 1.71. The van der Waals surface area contributed by atoms with E-state index < -0.39 is 0 Å². The molecule has 0 bridgehead atoms. The molecular formula is C9H14N2O2. The summed E-state index contributed by atoms with van der Waals surface area (Å²) in [4.78, 5) is 10.2. The van der Waals surface area contributed by atoms with Gasteiger partial charge in [-0.15, -0.1) is 0 Å². The van der Waals surface area contributed by atoms with Crippen LogP contribution in [-0.4, -0.2) is 4.92 Å². The second kappa shape index (κ2) is 2.87. The molecule has 0 aromatic heterocycles. The van der Waals surface area contributed by atoms with Crippen LogP contribution in [0.15, 0.2) is 23.0 Å². The summed E-state index contributed by atoms with van der Waals surface area (Å²) < 4.78 is 0. The Labute approximate surface area is 77.3 Å². The van der Waals surface area contributed by atoms with Gasteiger partial charge in [0.1, 0.15) is 5.70 Å².